The van der Waals surface area contributed by atoms with Crippen LogP contribution < -0.4 is 4.72 Å². The van der Waals surface area contributed by atoms with Gasteiger partial charge in [0.2, 0.25) is 0 Å². The lowest BCUT2D eigenvalue weighted by Gasteiger charge is -2.30. The van der Waals surface area contributed by atoms with Crippen molar-refractivity contribution in [3.8, 4) is 0 Å². The number of anilines is 1. The molecule has 0 unspecified atom stereocenters. The van der Waals surface area contributed by atoms with Gasteiger partial charge in [0.15, 0.2) is 0 Å². The van der Waals surface area contributed by atoms with Crippen LogP contribution in [0.2, 0.25) is 0 Å². The van der Waals surface area contributed by atoms with Gasteiger partial charge in [0.05, 0.1) is 17.2 Å². The summed E-state index contributed by atoms with van der Waals surface area (Å²) >= 11 is 0. The molecule has 1 aliphatic rings. The Morgan fingerprint density at radius 3 is 2.68 bits per heavy atom. The molecule has 1 N–H and O–H groups in total. The zero-order valence-electron chi connectivity index (χ0n) is 16.1. The van der Waals surface area contributed by atoms with E-state index < -0.39 is 10.0 Å². The van der Waals surface area contributed by atoms with Crippen LogP contribution in [0.5, 0.6) is 0 Å². The number of carbonyl (C=O) groups is 1. The Morgan fingerprint density at radius 1 is 1.14 bits per heavy atom. The van der Waals surface area contributed by atoms with Gasteiger partial charge < -0.3 is 4.74 Å². The second kappa shape index (κ2) is 9.21. The monoisotopic (exact) mass is 402 g/mol. The van der Waals surface area contributed by atoms with E-state index in [4.69, 9.17) is 4.74 Å². The normalized spacial score (nSPS) is 14.3. The second-order valence-electron chi connectivity index (χ2n) is 6.80. The molecule has 0 saturated heterocycles. The molecule has 6 nitrogen and oxygen atoms in total. The minimum Gasteiger partial charge on any atom is -0.466 e. The fourth-order valence-electron chi connectivity index (χ4n) is 3.44. The fraction of sp³-hybridized carbons (Fsp3) is 0.381. The smallest absolute Gasteiger partial charge is 0.305 e. The topological polar surface area (TPSA) is 75.7 Å². The molecule has 0 fully saturated rings. The lowest BCUT2D eigenvalue weighted by atomic mass is 9.98. The summed E-state index contributed by atoms with van der Waals surface area (Å²) in [5.41, 5.74) is 2.81. The first-order chi connectivity index (χ1) is 13.5. The minimum atomic E-state index is -3.60. The number of benzene rings is 2. The predicted octanol–water partition coefficient (Wildman–Crippen LogP) is 3.19. The van der Waals surface area contributed by atoms with Crippen molar-refractivity contribution in [1.29, 1.82) is 0 Å². The van der Waals surface area contributed by atoms with E-state index in [9.17, 15) is 13.2 Å². The third kappa shape index (κ3) is 5.11. The Hall–Kier alpha value is -2.38. The highest BCUT2D eigenvalue weighted by Crippen LogP contribution is 2.28. The fourth-order valence-corrected chi connectivity index (χ4v) is 4.55. The lowest BCUT2D eigenvalue weighted by Crippen LogP contribution is -2.32. The van der Waals surface area contributed by atoms with Crippen molar-refractivity contribution in [2.45, 2.75) is 37.6 Å². The zero-order chi connectivity index (χ0) is 20.0. The zero-order valence-corrected chi connectivity index (χ0v) is 16.9. The van der Waals surface area contributed by atoms with E-state index >= 15 is 0 Å². The molecule has 0 atom stereocenters. The summed E-state index contributed by atoms with van der Waals surface area (Å²) in [6, 6.07) is 14.1. The van der Waals surface area contributed by atoms with E-state index in [-0.39, 0.29) is 10.9 Å². The van der Waals surface area contributed by atoms with Gasteiger partial charge >= 0.3 is 5.97 Å². The van der Waals surface area contributed by atoms with Gasteiger partial charge in [-0.15, -0.1) is 0 Å². The Bertz CT molecular complexity index is 913. The molecule has 0 bridgehead atoms. The maximum atomic E-state index is 12.6. The van der Waals surface area contributed by atoms with Crippen LogP contribution >= 0.6 is 0 Å². The molecule has 0 aliphatic carbocycles. The molecule has 150 valence electrons. The van der Waals surface area contributed by atoms with Crippen LogP contribution in [0.1, 0.15) is 30.9 Å². The van der Waals surface area contributed by atoms with Crippen LogP contribution in [-0.2, 0) is 32.5 Å². The number of ether oxygens (including phenoxy) is 1. The number of sulfonamides is 1. The number of esters is 1. The Balaban J connectivity index is 1.65. The molecular formula is C21H26N2O4S. The molecule has 2 aromatic carbocycles. The van der Waals surface area contributed by atoms with Crippen LogP contribution in [0.25, 0.3) is 0 Å². The molecule has 1 aliphatic heterocycles. The third-order valence-electron chi connectivity index (χ3n) is 4.80. The van der Waals surface area contributed by atoms with E-state index in [1.165, 1.54) is 0 Å². The maximum absolute atomic E-state index is 12.6. The van der Waals surface area contributed by atoms with E-state index in [2.05, 4.69) is 9.62 Å². The van der Waals surface area contributed by atoms with Crippen molar-refractivity contribution in [2.24, 2.45) is 0 Å². The van der Waals surface area contributed by atoms with Crippen LogP contribution in [0.15, 0.2) is 53.4 Å². The molecule has 0 radical (unpaired) electrons. The standard InChI is InChI=1S/C21H26N2O4S/c1-2-27-21(24)12-7-14-23-15-13-19-17(16-23)8-6-11-20(19)22-28(25,26)18-9-4-3-5-10-18/h3-6,8-11,22H,2,7,12-16H2,1H3. The van der Waals surface area contributed by atoms with Gasteiger partial charge in [0.1, 0.15) is 0 Å². The van der Waals surface area contributed by atoms with E-state index in [0.717, 1.165) is 43.6 Å². The van der Waals surface area contributed by atoms with Crippen molar-refractivity contribution in [3.05, 3.63) is 59.7 Å². The Kier molecular flexibility index (Phi) is 6.70. The number of carbonyl (C=O) groups excluding carboxylic acids is 1. The van der Waals surface area contributed by atoms with Crippen LogP contribution in [0, 0.1) is 0 Å². The molecule has 28 heavy (non-hydrogen) atoms. The summed E-state index contributed by atoms with van der Waals surface area (Å²) < 4.78 is 33.0. The summed E-state index contributed by atoms with van der Waals surface area (Å²) in [7, 11) is -3.60. The highest BCUT2D eigenvalue weighted by Gasteiger charge is 2.21. The number of nitrogens with one attached hydrogen (secondary N) is 1. The Morgan fingerprint density at radius 2 is 1.93 bits per heavy atom. The first-order valence-electron chi connectivity index (χ1n) is 9.56. The van der Waals surface area contributed by atoms with Gasteiger partial charge in [0.25, 0.3) is 10.0 Å². The summed E-state index contributed by atoms with van der Waals surface area (Å²) in [5, 5.41) is 0. The predicted molar refractivity (Wildman–Crippen MR) is 109 cm³/mol. The summed E-state index contributed by atoms with van der Waals surface area (Å²) in [4.78, 5) is 14.0. The largest absolute Gasteiger partial charge is 0.466 e. The molecule has 2 aromatic rings. The van der Waals surface area contributed by atoms with Crippen molar-refractivity contribution in [3.63, 3.8) is 0 Å². The van der Waals surface area contributed by atoms with Gasteiger partial charge in [-0.3, -0.25) is 14.4 Å². The minimum absolute atomic E-state index is 0.155. The van der Waals surface area contributed by atoms with Crippen molar-refractivity contribution < 1.29 is 17.9 Å². The van der Waals surface area contributed by atoms with Gasteiger partial charge in [-0.2, -0.15) is 0 Å². The molecule has 0 amide bonds. The van der Waals surface area contributed by atoms with Gasteiger partial charge in [-0.05, 0) is 55.6 Å². The highest BCUT2D eigenvalue weighted by atomic mass is 32.2. The van der Waals surface area contributed by atoms with E-state index in [1.54, 1.807) is 30.3 Å². The average molecular weight is 403 g/mol. The second-order valence-corrected chi connectivity index (χ2v) is 8.48. The van der Waals surface area contributed by atoms with Crippen LogP contribution in [0.3, 0.4) is 0 Å². The molecule has 0 spiro atoms. The number of rotatable bonds is 8. The molecular weight excluding hydrogens is 376 g/mol. The van der Waals surface area contributed by atoms with Crippen molar-refractivity contribution >= 4 is 21.7 Å². The van der Waals surface area contributed by atoms with Crippen LogP contribution in [-0.4, -0.2) is 39.0 Å². The van der Waals surface area contributed by atoms with Crippen LogP contribution in [0.4, 0.5) is 5.69 Å². The number of hydrogen-bond donors (Lipinski definition) is 1. The quantitative estimate of drug-likeness (QED) is 0.687. The molecule has 1 heterocycles. The first kappa shape index (κ1) is 20.4. The maximum Gasteiger partial charge on any atom is 0.305 e. The van der Waals surface area contributed by atoms with E-state index in [0.29, 0.717) is 18.7 Å². The first-order valence-corrected chi connectivity index (χ1v) is 11.0. The van der Waals surface area contributed by atoms with Crippen molar-refractivity contribution in [1.82, 2.24) is 4.90 Å². The van der Waals surface area contributed by atoms with Crippen molar-refractivity contribution in [2.75, 3.05) is 24.4 Å². The van der Waals surface area contributed by atoms with E-state index in [1.807, 2.05) is 25.1 Å². The summed E-state index contributed by atoms with van der Waals surface area (Å²) in [6.45, 7) is 4.62. The lowest BCUT2D eigenvalue weighted by molar-refractivity contribution is -0.143. The molecule has 0 aromatic heterocycles. The number of fused-ring (bicyclic) bond motifs is 1. The number of nitrogens with zero attached hydrogens (tertiary/aromatic N) is 1. The summed E-state index contributed by atoms with van der Waals surface area (Å²) in [5.74, 6) is -0.155. The van der Waals surface area contributed by atoms with Gasteiger partial charge in [0, 0.05) is 19.5 Å². The Labute approximate surface area is 166 Å². The third-order valence-corrected chi connectivity index (χ3v) is 6.18. The SMILES string of the molecule is CCOC(=O)CCCN1CCc2c(cccc2NS(=O)(=O)c2ccccc2)C1. The molecule has 7 heteroatoms. The summed E-state index contributed by atoms with van der Waals surface area (Å²) in [6.07, 6.45) is 1.95. The van der Waals surface area contributed by atoms with Gasteiger partial charge in [-0.25, -0.2) is 8.42 Å². The van der Waals surface area contributed by atoms with Gasteiger partial charge in [-0.1, -0.05) is 30.3 Å². The highest BCUT2D eigenvalue weighted by molar-refractivity contribution is 7.92. The number of hydrogen-bond acceptors (Lipinski definition) is 5. The molecule has 0 saturated carbocycles. The molecule has 3 rings (SSSR count). The average Bonchev–Trinajstić information content (AvgIpc) is 2.69.